The van der Waals surface area contributed by atoms with Gasteiger partial charge in [0.15, 0.2) is 0 Å². The van der Waals surface area contributed by atoms with Gasteiger partial charge in [-0.05, 0) is 48.6 Å². The lowest BCUT2D eigenvalue weighted by atomic mass is 9.89. The Bertz CT molecular complexity index is 1410. The van der Waals surface area contributed by atoms with Gasteiger partial charge in [-0.25, -0.2) is 13.4 Å². The first kappa shape index (κ1) is 22.8. The van der Waals surface area contributed by atoms with E-state index < -0.39 is 10.0 Å². The number of nitrogens with zero attached hydrogens (tertiary/aromatic N) is 4. The van der Waals surface area contributed by atoms with Crippen LogP contribution in [0.25, 0.3) is 10.9 Å². The van der Waals surface area contributed by atoms with Crippen LogP contribution in [0.4, 0.5) is 5.13 Å². The van der Waals surface area contributed by atoms with Crippen molar-refractivity contribution >= 4 is 55.1 Å². The van der Waals surface area contributed by atoms with E-state index in [4.69, 9.17) is 11.6 Å². The minimum atomic E-state index is -3.70. The second-order valence-electron chi connectivity index (χ2n) is 8.20. The van der Waals surface area contributed by atoms with E-state index >= 15 is 0 Å². The highest BCUT2D eigenvalue weighted by Crippen LogP contribution is 2.30. The van der Waals surface area contributed by atoms with Crippen LogP contribution in [0.15, 0.2) is 66.0 Å². The van der Waals surface area contributed by atoms with Crippen LogP contribution in [0.1, 0.15) is 24.3 Å². The monoisotopic (exact) mass is 515 g/mol. The molecule has 11 heteroatoms. The van der Waals surface area contributed by atoms with Crippen molar-refractivity contribution in [1.82, 2.24) is 18.8 Å². The summed E-state index contributed by atoms with van der Waals surface area (Å²) in [6, 6.07) is 14.6. The Morgan fingerprint density at radius 3 is 2.59 bits per heavy atom. The maximum Gasteiger partial charge on any atom is 0.263 e. The third-order valence-corrected chi connectivity index (χ3v) is 8.51. The molecule has 0 bridgehead atoms. The van der Waals surface area contributed by atoms with Crippen molar-refractivity contribution in [3.63, 3.8) is 0 Å². The van der Waals surface area contributed by atoms with E-state index in [0.717, 1.165) is 40.8 Å². The van der Waals surface area contributed by atoms with Gasteiger partial charge in [0.2, 0.25) is 11.0 Å². The number of nitrogens with one attached hydrogen (secondary N) is 1. The smallest absolute Gasteiger partial charge is 0.263 e. The molecule has 1 fully saturated rings. The zero-order valence-electron chi connectivity index (χ0n) is 18.1. The lowest BCUT2D eigenvalue weighted by molar-refractivity contribution is -0.132. The third kappa shape index (κ3) is 4.66. The van der Waals surface area contributed by atoms with Gasteiger partial charge in [-0.3, -0.25) is 9.52 Å². The van der Waals surface area contributed by atoms with E-state index in [2.05, 4.69) is 14.1 Å². The fourth-order valence-corrected chi connectivity index (χ4v) is 6.32. The van der Waals surface area contributed by atoms with Crippen molar-refractivity contribution in [2.75, 3.05) is 17.8 Å². The number of anilines is 1. The number of para-hydroxylation sites is 1. The third-order valence-electron chi connectivity index (χ3n) is 6.14. The summed E-state index contributed by atoms with van der Waals surface area (Å²) in [5.74, 6) is 0.346. The number of halogens is 1. The predicted octanol–water partition coefficient (Wildman–Crippen LogP) is 4.35. The summed E-state index contributed by atoms with van der Waals surface area (Å²) in [4.78, 5) is 18.9. The molecule has 2 aromatic heterocycles. The number of fused-ring (bicyclic) bond motifs is 1. The summed E-state index contributed by atoms with van der Waals surface area (Å²) >= 11 is 7.32. The zero-order chi connectivity index (χ0) is 23.7. The number of hydrogen-bond donors (Lipinski definition) is 1. The van der Waals surface area contributed by atoms with Gasteiger partial charge < -0.3 is 9.47 Å². The fourth-order valence-electron chi connectivity index (χ4n) is 4.37. The van der Waals surface area contributed by atoms with Gasteiger partial charge in [-0.2, -0.15) is 4.37 Å². The van der Waals surface area contributed by atoms with E-state index in [-0.39, 0.29) is 28.4 Å². The largest absolute Gasteiger partial charge is 0.341 e. The Hall–Kier alpha value is -2.95. The summed E-state index contributed by atoms with van der Waals surface area (Å²) in [5, 5.41) is 1.89. The van der Waals surface area contributed by atoms with Crippen LogP contribution in [-0.4, -0.2) is 46.2 Å². The molecule has 4 aromatic rings. The average Bonchev–Trinajstić information content (AvgIpc) is 3.50. The molecule has 1 N–H and O–H groups in total. The zero-order valence-corrected chi connectivity index (χ0v) is 20.5. The Morgan fingerprint density at radius 1 is 1.12 bits per heavy atom. The molecule has 0 spiro atoms. The lowest BCUT2D eigenvalue weighted by Gasteiger charge is -2.32. The van der Waals surface area contributed by atoms with Gasteiger partial charge in [-0.15, -0.1) is 0 Å². The Balaban J connectivity index is 1.20. The minimum absolute atomic E-state index is 0.0695. The molecule has 5 rings (SSSR count). The Labute approximate surface area is 206 Å². The molecule has 0 saturated carbocycles. The van der Waals surface area contributed by atoms with E-state index in [1.54, 1.807) is 12.1 Å². The SMILES string of the molecule is O=C(Cn1ccc2cccc(Cl)c21)N1CCC(c2ccc(S(=O)(=O)Nc3ncns3)cc2)CC1. The van der Waals surface area contributed by atoms with Crippen molar-refractivity contribution in [3.05, 3.63) is 71.6 Å². The van der Waals surface area contributed by atoms with Crippen LogP contribution in [0.2, 0.25) is 5.02 Å². The number of benzene rings is 2. The molecule has 0 radical (unpaired) electrons. The normalized spacial score (nSPS) is 15.0. The van der Waals surface area contributed by atoms with Crippen LogP contribution in [0.3, 0.4) is 0 Å². The number of carbonyl (C=O) groups excluding carboxylic acids is 1. The van der Waals surface area contributed by atoms with Gasteiger partial charge in [0.05, 0.1) is 15.4 Å². The summed E-state index contributed by atoms with van der Waals surface area (Å²) in [6.45, 7) is 1.58. The summed E-state index contributed by atoms with van der Waals surface area (Å²) in [7, 11) is -3.70. The summed E-state index contributed by atoms with van der Waals surface area (Å²) in [5.41, 5.74) is 1.95. The van der Waals surface area contributed by atoms with Gasteiger partial charge >= 0.3 is 0 Å². The molecule has 0 aliphatic carbocycles. The van der Waals surface area contributed by atoms with Crippen molar-refractivity contribution in [2.24, 2.45) is 0 Å². The molecule has 1 aliphatic heterocycles. The molecule has 8 nitrogen and oxygen atoms in total. The van der Waals surface area contributed by atoms with E-state index in [0.29, 0.717) is 18.1 Å². The van der Waals surface area contributed by atoms with Crippen LogP contribution < -0.4 is 4.72 Å². The van der Waals surface area contributed by atoms with Crippen LogP contribution >= 0.6 is 23.1 Å². The number of carbonyl (C=O) groups is 1. The molecule has 2 aromatic carbocycles. The number of piperidine rings is 1. The van der Waals surface area contributed by atoms with Crippen LogP contribution in [-0.2, 0) is 21.4 Å². The predicted molar refractivity (Wildman–Crippen MR) is 133 cm³/mol. The number of likely N-dealkylation sites (tertiary alicyclic amines) is 1. The number of rotatable bonds is 6. The minimum Gasteiger partial charge on any atom is -0.341 e. The molecule has 1 saturated heterocycles. The Morgan fingerprint density at radius 2 is 1.88 bits per heavy atom. The van der Waals surface area contributed by atoms with E-state index in [9.17, 15) is 13.2 Å². The molecule has 3 heterocycles. The molecule has 0 unspecified atom stereocenters. The first-order valence-electron chi connectivity index (χ1n) is 10.8. The molecular weight excluding hydrogens is 494 g/mol. The molecule has 1 aliphatic rings. The van der Waals surface area contributed by atoms with Crippen molar-refractivity contribution in [3.8, 4) is 0 Å². The highest BCUT2D eigenvalue weighted by Gasteiger charge is 2.25. The highest BCUT2D eigenvalue weighted by atomic mass is 35.5. The first-order chi connectivity index (χ1) is 16.4. The van der Waals surface area contributed by atoms with Crippen molar-refractivity contribution in [2.45, 2.75) is 30.2 Å². The number of sulfonamides is 1. The average molecular weight is 516 g/mol. The summed E-state index contributed by atoms with van der Waals surface area (Å²) < 4.78 is 33.2. The maximum atomic E-state index is 12.9. The van der Waals surface area contributed by atoms with Crippen molar-refractivity contribution < 1.29 is 13.2 Å². The molecule has 1 amide bonds. The standard InChI is InChI=1S/C23H22ClN5O3S2/c24-20-3-1-2-18-10-13-29(22(18)20)14-21(30)28-11-8-17(9-12-28)16-4-6-19(7-5-16)34(31,32)27-23-25-15-26-33-23/h1-7,10,13,15,17H,8-9,11-12,14H2,(H,25,26,27). The van der Waals surface area contributed by atoms with Gasteiger partial charge in [-0.1, -0.05) is 35.9 Å². The van der Waals surface area contributed by atoms with Gasteiger partial charge in [0, 0.05) is 36.2 Å². The quantitative estimate of drug-likeness (QED) is 0.411. The molecular formula is C23H22ClN5O3S2. The number of amides is 1. The van der Waals surface area contributed by atoms with Crippen LogP contribution in [0, 0.1) is 0 Å². The molecule has 34 heavy (non-hydrogen) atoms. The first-order valence-corrected chi connectivity index (χ1v) is 13.4. The lowest BCUT2D eigenvalue weighted by Crippen LogP contribution is -2.39. The van der Waals surface area contributed by atoms with E-state index in [1.807, 2.05) is 52.1 Å². The summed E-state index contributed by atoms with van der Waals surface area (Å²) in [6.07, 6.45) is 4.86. The fraction of sp³-hybridized carbons (Fsp3) is 0.261. The van der Waals surface area contributed by atoms with E-state index in [1.165, 1.54) is 6.33 Å². The van der Waals surface area contributed by atoms with Crippen molar-refractivity contribution in [1.29, 1.82) is 0 Å². The molecule has 176 valence electrons. The van der Waals surface area contributed by atoms with Gasteiger partial charge in [0.1, 0.15) is 12.9 Å². The second kappa shape index (κ2) is 9.36. The number of aromatic nitrogens is 3. The highest BCUT2D eigenvalue weighted by molar-refractivity contribution is 7.93. The maximum absolute atomic E-state index is 12.9. The number of hydrogen-bond acceptors (Lipinski definition) is 6. The topological polar surface area (TPSA) is 97.2 Å². The van der Waals surface area contributed by atoms with Gasteiger partial charge in [0.25, 0.3) is 10.0 Å². The second-order valence-corrected chi connectivity index (χ2v) is 11.1. The Kier molecular flexibility index (Phi) is 6.28. The van der Waals surface area contributed by atoms with Crippen LogP contribution in [0.5, 0.6) is 0 Å². The molecule has 0 atom stereocenters.